The predicted octanol–water partition coefficient (Wildman–Crippen LogP) is 3.05. The monoisotopic (exact) mass is 333 g/mol. The molecule has 3 rings (SSSR count). The van der Waals surface area contributed by atoms with Crippen LogP contribution in [0.5, 0.6) is 0 Å². The number of piperidine rings is 1. The summed E-state index contributed by atoms with van der Waals surface area (Å²) in [5.74, 6) is -0.360. The Balaban J connectivity index is 1.64. The minimum absolute atomic E-state index is 0.0523. The molecule has 1 heterocycles. The molecule has 1 atom stereocenters. The van der Waals surface area contributed by atoms with Crippen LogP contribution in [0.4, 0.5) is 5.69 Å². The van der Waals surface area contributed by atoms with Gasteiger partial charge in [0.2, 0.25) is 5.91 Å². The molecule has 2 amide bonds. The lowest BCUT2D eigenvalue weighted by Gasteiger charge is -2.32. The predicted molar refractivity (Wildman–Crippen MR) is 94.9 cm³/mol. The molecule has 1 fully saturated rings. The fraction of sp³-hybridized carbons (Fsp3) is 0.250. The van der Waals surface area contributed by atoms with Gasteiger partial charge in [0.1, 0.15) is 0 Å². The van der Waals surface area contributed by atoms with Crippen LogP contribution < -0.4 is 5.32 Å². The Hall–Kier alpha value is -3.13. The van der Waals surface area contributed by atoms with Crippen LogP contribution in [-0.4, -0.2) is 29.8 Å². The maximum atomic E-state index is 12.6. The first-order valence-electron chi connectivity index (χ1n) is 8.33. The first-order chi connectivity index (χ1) is 12.2. The molecule has 0 bridgehead atoms. The Morgan fingerprint density at radius 2 is 1.80 bits per heavy atom. The molecule has 25 heavy (non-hydrogen) atoms. The molecule has 2 aromatic carbocycles. The van der Waals surface area contributed by atoms with Crippen LogP contribution in [0.15, 0.2) is 54.6 Å². The minimum atomic E-state index is -0.212. The van der Waals surface area contributed by atoms with Crippen LogP contribution in [0.2, 0.25) is 0 Å². The number of carbonyl (C=O) groups excluding carboxylic acids is 2. The van der Waals surface area contributed by atoms with Crippen LogP contribution >= 0.6 is 0 Å². The second kappa shape index (κ2) is 7.63. The van der Waals surface area contributed by atoms with Crippen molar-refractivity contribution in [1.29, 1.82) is 5.26 Å². The van der Waals surface area contributed by atoms with Crippen molar-refractivity contribution < 1.29 is 9.59 Å². The van der Waals surface area contributed by atoms with Crippen LogP contribution in [-0.2, 0) is 4.79 Å². The highest BCUT2D eigenvalue weighted by atomic mass is 16.2. The molecule has 0 aromatic heterocycles. The second-order valence-electron chi connectivity index (χ2n) is 6.13. The molecular formula is C20H19N3O2. The van der Waals surface area contributed by atoms with Gasteiger partial charge in [-0.1, -0.05) is 18.2 Å². The number of nitrogens with one attached hydrogen (secondary N) is 1. The van der Waals surface area contributed by atoms with Crippen LogP contribution in [0.25, 0.3) is 0 Å². The number of rotatable bonds is 3. The standard InChI is InChI=1S/C20H19N3O2/c21-13-15-8-10-16(11-9-15)20(25)23-12-4-5-17(14-23)19(24)22-18-6-2-1-3-7-18/h1-3,6-11,17H,4-5,12,14H2,(H,22,24). The van der Waals surface area contributed by atoms with Crippen molar-refractivity contribution in [3.63, 3.8) is 0 Å². The topological polar surface area (TPSA) is 73.2 Å². The number of nitrogens with zero attached hydrogens (tertiary/aromatic N) is 2. The maximum absolute atomic E-state index is 12.6. The third-order valence-electron chi connectivity index (χ3n) is 4.38. The van der Waals surface area contributed by atoms with Crippen molar-refractivity contribution in [2.75, 3.05) is 18.4 Å². The lowest BCUT2D eigenvalue weighted by molar-refractivity contribution is -0.121. The first-order valence-corrected chi connectivity index (χ1v) is 8.33. The van der Waals surface area contributed by atoms with E-state index in [9.17, 15) is 9.59 Å². The lowest BCUT2D eigenvalue weighted by atomic mass is 9.96. The normalized spacial score (nSPS) is 16.8. The number of likely N-dealkylation sites (tertiary alicyclic amines) is 1. The number of anilines is 1. The Labute approximate surface area is 146 Å². The van der Waals surface area contributed by atoms with Gasteiger partial charge in [0.05, 0.1) is 17.6 Å². The molecule has 1 aliphatic heterocycles. The van der Waals surface area contributed by atoms with E-state index in [-0.39, 0.29) is 17.7 Å². The average molecular weight is 333 g/mol. The average Bonchev–Trinajstić information content (AvgIpc) is 2.68. The summed E-state index contributed by atoms with van der Waals surface area (Å²) in [6.07, 6.45) is 1.57. The third-order valence-corrected chi connectivity index (χ3v) is 4.38. The second-order valence-corrected chi connectivity index (χ2v) is 6.13. The number of nitriles is 1. The number of carbonyl (C=O) groups is 2. The molecule has 1 N–H and O–H groups in total. The van der Waals surface area contributed by atoms with E-state index in [1.165, 1.54) is 0 Å². The molecule has 5 heteroatoms. The SMILES string of the molecule is N#Cc1ccc(C(=O)N2CCCC(C(=O)Nc3ccccc3)C2)cc1. The summed E-state index contributed by atoms with van der Waals surface area (Å²) < 4.78 is 0. The number of amides is 2. The number of hydrogen-bond donors (Lipinski definition) is 1. The summed E-state index contributed by atoms with van der Waals surface area (Å²) in [4.78, 5) is 26.8. The van der Waals surface area contributed by atoms with E-state index in [4.69, 9.17) is 5.26 Å². The zero-order valence-electron chi connectivity index (χ0n) is 13.8. The van der Waals surface area contributed by atoms with Gasteiger partial charge < -0.3 is 10.2 Å². The molecule has 1 saturated heterocycles. The van der Waals surface area contributed by atoms with Gasteiger partial charge in [0.15, 0.2) is 0 Å². The van der Waals surface area contributed by atoms with E-state index in [0.717, 1.165) is 18.5 Å². The first kappa shape index (κ1) is 16.7. The van der Waals surface area contributed by atoms with Crippen LogP contribution in [0.3, 0.4) is 0 Å². The smallest absolute Gasteiger partial charge is 0.253 e. The lowest BCUT2D eigenvalue weighted by Crippen LogP contribution is -2.43. The van der Waals surface area contributed by atoms with Crippen molar-refractivity contribution in [1.82, 2.24) is 4.90 Å². The van der Waals surface area contributed by atoms with Crippen molar-refractivity contribution in [2.45, 2.75) is 12.8 Å². The fourth-order valence-corrected chi connectivity index (χ4v) is 3.01. The van der Waals surface area contributed by atoms with E-state index in [0.29, 0.717) is 24.2 Å². The number of benzene rings is 2. The molecule has 5 nitrogen and oxygen atoms in total. The Bertz CT molecular complexity index is 794. The number of para-hydroxylation sites is 1. The van der Waals surface area contributed by atoms with Gasteiger partial charge in [0, 0.05) is 24.3 Å². The van der Waals surface area contributed by atoms with E-state index < -0.39 is 0 Å². The minimum Gasteiger partial charge on any atom is -0.338 e. The molecule has 0 radical (unpaired) electrons. The fourth-order valence-electron chi connectivity index (χ4n) is 3.01. The Kier molecular flexibility index (Phi) is 5.10. The largest absolute Gasteiger partial charge is 0.338 e. The van der Waals surface area contributed by atoms with Gasteiger partial charge in [-0.3, -0.25) is 9.59 Å². The molecule has 0 spiro atoms. The van der Waals surface area contributed by atoms with E-state index in [2.05, 4.69) is 5.32 Å². The van der Waals surface area contributed by atoms with Gasteiger partial charge in [-0.05, 0) is 49.2 Å². The summed E-state index contributed by atoms with van der Waals surface area (Å²) in [6.45, 7) is 1.06. The highest BCUT2D eigenvalue weighted by molar-refractivity contribution is 5.96. The number of hydrogen-bond acceptors (Lipinski definition) is 3. The molecule has 2 aromatic rings. The molecule has 0 aliphatic carbocycles. The summed E-state index contributed by atoms with van der Waals surface area (Å²) in [5.41, 5.74) is 1.83. The van der Waals surface area contributed by atoms with Crippen molar-refractivity contribution in [3.05, 3.63) is 65.7 Å². The van der Waals surface area contributed by atoms with E-state index in [1.807, 2.05) is 36.4 Å². The molecular weight excluding hydrogens is 314 g/mol. The molecule has 1 unspecified atom stereocenters. The van der Waals surface area contributed by atoms with Crippen LogP contribution in [0, 0.1) is 17.2 Å². The zero-order valence-corrected chi connectivity index (χ0v) is 13.8. The quantitative estimate of drug-likeness (QED) is 0.938. The summed E-state index contributed by atoms with van der Waals surface area (Å²) in [5, 5.41) is 11.8. The van der Waals surface area contributed by atoms with Crippen molar-refractivity contribution in [2.24, 2.45) is 5.92 Å². The highest BCUT2D eigenvalue weighted by Crippen LogP contribution is 2.20. The highest BCUT2D eigenvalue weighted by Gasteiger charge is 2.29. The molecule has 1 aliphatic rings. The van der Waals surface area contributed by atoms with Gasteiger partial charge >= 0.3 is 0 Å². The summed E-state index contributed by atoms with van der Waals surface area (Å²) in [6, 6.07) is 18.0. The van der Waals surface area contributed by atoms with Gasteiger partial charge in [-0.25, -0.2) is 0 Å². The van der Waals surface area contributed by atoms with E-state index in [1.54, 1.807) is 29.2 Å². The summed E-state index contributed by atoms with van der Waals surface area (Å²) >= 11 is 0. The Morgan fingerprint density at radius 3 is 2.48 bits per heavy atom. The van der Waals surface area contributed by atoms with Gasteiger partial charge in [0.25, 0.3) is 5.91 Å². The van der Waals surface area contributed by atoms with Crippen molar-refractivity contribution >= 4 is 17.5 Å². The third kappa shape index (κ3) is 4.04. The van der Waals surface area contributed by atoms with Gasteiger partial charge in [-0.2, -0.15) is 5.26 Å². The van der Waals surface area contributed by atoms with Gasteiger partial charge in [-0.15, -0.1) is 0 Å². The van der Waals surface area contributed by atoms with Crippen molar-refractivity contribution in [3.8, 4) is 6.07 Å². The zero-order chi connectivity index (χ0) is 17.6. The van der Waals surface area contributed by atoms with Crippen LogP contribution in [0.1, 0.15) is 28.8 Å². The summed E-state index contributed by atoms with van der Waals surface area (Å²) in [7, 11) is 0. The molecule has 126 valence electrons. The molecule has 0 saturated carbocycles. The van der Waals surface area contributed by atoms with E-state index >= 15 is 0 Å². The maximum Gasteiger partial charge on any atom is 0.253 e. The Morgan fingerprint density at radius 1 is 1.08 bits per heavy atom.